The molecule has 1 heterocycles. The SMILES string of the molecule is CCNC(=NCc1ccc(C(=O)OCC)cc1)NCCCN1CCCC1=O.I. The molecule has 156 valence electrons. The average Bonchev–Trinajstić information content (AvgIpc) is 3.08. The van der Waals surface area contributed by atoms with Gasteiger partial charge >= 0.3 is 5.97 Å². The number of nitrogens with one attached hydrogen (secondary N) is 2. The maximum absolute atomic E-state index is 11.7. The largest absolute Gasteiger partial charge is 0.462 e. The number of nitrogens with zero attached hydrogens (tertiary/aromatic N) is 2. The first kappa shape index (κ1) is 24.2. The van der Waals surface area contributed by atoms with Crippen molar-refractivity contribution in [3.63, 3.8) is 0 Å². The number of likely N-dealkylation sites (tertiary alicyclic amines) is 1. The number of hydrogen-bond acceptors (Lipinski definition) is 4. The minimum absolute atomic E-state index is 0. The van der Waals surface area contributed by atoms with Crippen LogP contribution in [0.25, 0.3) is 0 Å². The Bertz CT molecular complexity index is 649. The van der Waals surface area contributed by atoms with Gasteiger partial charge in [-0.25, -0.2) is 9.79 Å². The van der Waals surface area contributed by atoms with Crippen molar-refractivity contribution in [2.24, 2.45) is 4.99 Å². The molecule has 1 fully saturated rings. The fraction of sp³-hybridized carbons (Fsp3) is 0.550. The van der Waals surface area contributed by atoms with E-state index in [1.165, 1.54) is 0 Å². The first-order valence-corrected chi connectivity index (χ1v) is 9.70. The summed E-state index contributed by atoms with van der Waals surface area (Å²) < 4.78 is 4.99. The molecule has 0 atom stereocenters. The molecule has 2 N–H and O–H groups in total. The van der Waals surface area contributed by atoms with E-state index in [-0.39, 0.29) is 35.9 Å². The zero-order chi connectivity index (χ0) is 19.5. The molecule has 0 unspecified atom stereocenters. The zero-order valence-corrected chi connectivity index (χ0v) is 19.0. The van der Waals surface area contributed by atoms with E-state index in [2.05, 4.69) is 15.6 Å². The van der Waals surface area contributed by atoms with Gasteiger partial charge in [-0.05, 0) is 44.4 Å². The van der Waals surface area contributed by atoms with Gasteiger partial charge in [-0.15, -0.1) is 24.0 Å². The summed E-state index contributed by atoms with van der Waals surface area (Å²) in [5.41, 5.74) is 1.56. The van der Waals surface area contributed by atoms with E-state index < -0.39 is 0 Å². The summed E-state index contributed by atoms with van der Waals surface area (Å²) in [5.74, 6) is 0.709. The summed E-state index contributed by atoms with van der Waals surface area (Å²) in [6.45, 7) is 7.91. The van der Waals surface area contributed by atoms with Crippen molar-refractivity contribution < 1.29 is 14.3 Å². The fourth-order valence-corrected chi connectivity index (χ4v) is 2.89. The summed E-state index contributed by atoms with van der Waals surface area (Å²) >= 11 is 0. The summed E-state index contributed by atoms with van der Waals surface area (Å²) in [7, 11) is 0. The molecule has 2 rings (SSSR count). The summed E-state index contributed by atoms with van der Waals surface area (Å²) in [4.78, 5) is 29.8. The molecule has 1 amide bonds. The molecule has 0 spiro atoms. The molecular weight excluding hydrogens is 471 g/mol. The van der Waals surface area contributed by atoms with Crippen molar-refractivity contribution in [2.75, 3.05) is 32.8 Å². The van der Waals surface area contributed by atoms with Crippen LogP contribution in [0.15, 0.2) is 29.3 Å². The Morgan fingerprint density at radius 3 is 2.57 bits per heavy atom. The van der Waals surface area contributed by atoms with E-state index in [0.717, 1.165) is 50.5 Å². The van der Waals surface area contributed by atoms with Crippen LogP contribution in [0.2, 0.25) is 0 Å². The van der Waals surface area contributed by atoms with Crippen LogP contribution in [-0.4, -0.2) is 55.5 Å². The third-order valence-electron chi connectivity index (χ3n) is 4.30. The highest BCUT2D eigenvalue weighted by Crippen LogP contribution is 2.09. The van der Waals surface area contributed by atoms with Crippen LogP contribution in [0.4, 0.5) is 0 Å². The smallest absolute Gasteiger partial charge is 0.338 e. The quantitative estimate of drug-likeness (QED) is 0.178. The van der Waals surface area contributed by atoms with Crippen molar-refractivity contribution in [3.8, 4) is 0 Å². The molecule has 1 aromatic carbocycles. The predicted molar refractivity (Wildman–Crippen MR) is 121 cm³/mol. The van der Waals surface area contributed by atoms with Crippen molar-refractivity contribution in [1.29, 1.82) is 0 Å². The second-order valence-corrected chi connectivity index (χ2v) is 6.38. The number of aliphatic imine (C=N–C) groups is 1. The van der Waals surface area contributed by atoms with Gasteiger partial charge in [0.2, 0.25) is 5.91 Å². The van der Waals surface area contributed by atoms with Crippen LogP contribution in [0.5, 0.6) is 0 Å². The van der Waals surface area contributed by atoms with E-state index in [0.29, 0.717) is 25.1 Å². The number of carbonyl (C=O) groups is 2. The van der Waals surface area contributed by atoms with Crippen LogP contribution >= 0.6 is 24.0 Å². The van der Waals surface area contributed by atoms with Crippen molar-refractivity contribution in [2.45, 2.75) is 39.7 Å². The number of carbonyl (C=O) groups excluding carboxylic acids is 2. The molecule has 0 aromatic heterocycles. The number of amides is 1. The highest BCUT2D eigenvalue weighted by Gasteiger charge is 2.18. The van der Waals surface area contributed by atoms with Crippen molar-refractivity contribution >= 4 is 41.8 Å². The zero-order valence-electron chi connectivity index (χ0n) is 16.7. The second-order valence-electron chi connectivity index (χ2n) is 6.38. The Hall–Kier alpha value is -1.84. The van der Waals surface area contributed by atoms with Gasteiger partial charge in [-0.3, -0.25) is 4.79 Å². The maximum Gasteiger partial charge on any atom is 0.338 e. The van der Waals surface area contributed by atoms with E-state index in [9.17, 15) is 9.59 Å². The van der Waals surface area contributed by atoms with E-state index >= 15 is 0 Å². The molecule has 28 heavy (non-hydrogen) atoms. The summed E-state index contributed by atoms with van der Waals surface area (Å²) in [6, 6.07) is 7.29. The number of guanidine groups is 1. The van der Waals surface area contributed by atoms with Gasteiger partial charge in [-0.2, -0.15) is 0 Å². The summed E-state index contributed by atoms with van der Waals surface area (Å²) in [5, 5.41) is 6.52. The lowest BCUT2D eigenvalue weighted by atomic mass is 10.1. The Labute approximate surface area is 184 Å². The molecular formula is C20H31IN4O3. The van der Waals surface area contributed by atoms with Gasteiger partial charge in [0.1, 0.15) is 0 Å². The van der Waals surface area contributed by atoms with E-state index in [1.807, 2.05) is 24.0 Å². The lowest BCUT2D eigenvalue weighted by Crippen LogP contribution is -2.39. The number of halogens is 1. The van der Waals surface area contributed by atoms with Gasteiger partial charge in [0, 0.05) is 32.6 Å². The standard InChI is InChI=1S/C20H30N4O3.HI/c1-3-21-20(22-12-6-14-24-13-5-7-18(24)25)23-15-16-8-10-17(11-9-16)19(26)27-4-2;/h8-11H,3-7,12-15H2,1-2H3,(H2,21,22,23);1H. The van der Waals surface area contributed by atoms with E-state index in [4.69, 9.17) is 4.74 Å². The third-order valence-corrected chi connectivity index (χ3v) is 4.30. The number of benzene rings is 1. The van der Waals surface area contributed by atoms with Gasteiger partial charge in [-0.1, -0.05) is 12.1 Å². The van der Waals surface area contributed by atoms with E-state index in [1.54, 1.807) is 19.1 Å². The normalized spacial score (nSPS) is 13.9. The van der Waals surface area contributed by atoms with Gasteiger partial charge in [0.15, 0.2) is 5.96 Å². The molecule has 1 saturated heterocycles. The molecule has 0 saturated carbocycles. The average molecular weight is 502 g/mol. The highest BCUT2D eigenvalue weighted by atomic mass is 127. The summed E-state index contributed by atoms with van der Waals surface area (Å²) in [6.07, 6.45) is 2.56. The van der Waals surface area contributed by atoms with Crippen molar-refractivity contribution in [1.82, 2.24) is 15.5 Å². The number of esters is 1. The number of ether oxygens (including phenoxy) is 1. The van der Waals surface area contributed by atoms with Crippen LogP contribution in [0, 0.1) is 0 Å². The molecule has 8 heteroatoms. The third kappa shape index (κ3) is 8.04. The minimum atomic E-state index is -0.306. The molecule has 0 radical (unpaired) electrons. The van der Waals surface area contributed by atoms with Gasteiger partial charge < -0.3 is 20.3 Å². The molecule has 0 bridgehead atoms. The predicted octanol–water partition coefficient (Wildman–Crippen LogP) is 2.55. The van der Waals surface area contributed by atoms with Crippen LogP contribution < -0.4 is 10.6 Å². The van der Waals surface area contributed by atoms with Gasteiger partial charge in [0.25, 0.3) is 0 Å². The monoisotopic (exact) mass is 502 g/mol. The molecule has 1 aliphatic rings. The van der Waals surface area contributed by atoms with Gasteiger partial charge in [0.05, 0.1) is 18.7 Å². The maximum atomic E-state index is 11.7. The molecule has 1 aromatic rings. The van der Waals surface area contributed by atoms with Crippen molar-refractivity contribution in [3.05, 3.63) is 35.4 Å². The lowest BCUT2D eigenvalue weighted by molar-refractivity contribution is -0.127. The Kier molecular flexibility index (Phi) is 11.5. The first-order valence-electron chi connectivity index (χ1n) is 9.70. The lowest BCUT2D eigenvalue weighted by Gasteiger charge is -2.16. The molecule has 0 aliphatic carbocycles. The Morgan fingerprint density at radius 1 is 1.21 bits per heavy atom. The van der Waals surface area contributed by atoms with Crippen LogP contribution in [0.1, 0.15) is 49.0 Å². The van der Waals surface area contributed by atoms with Crippen LogP contribution in [-0.2, 0) is 16.1 Å². The highest BCUT2D eigenvalue weighted by molar-refractivity contribution is 14.0. The first-order chi connectivity index (χ1) is 13.1. The topological polar surface area (TPSA) is 83.0 Å². The molecule has 7 nitrogen and oxygen atoms in total. The fourth-order valence-electron chi connectivity index (χ4n) is 2.89. The number of hydrogen-bond donors (Lipinski definition) is 2. The Balaban J connectivity index is 0.00000392. The Morgan fingerprint density at radius 2 is 1.96 bits per heavy atom. The minimum Gasteiger partial charge on any atom is -0.462 e. The molecule has 1 aliphatic heterocycles. The van der Waals surface area contributed by atoms with Crippen LogP contribution in [0.3, 0.4) is 0 Å². The number of rotatable bonds is 9. The second kappa shape index (κ2) is 13.4.